The van der Waals surface area contributed by atoms with Crippen molar-refractivity contribution in [2.24, 2.45) is 0 Å². The first kappa shape index (κ1) is 17.9. The Morgan fingerprint density at radius 3 is 2.79 bits per heavy atom. The van der Waals surface area contributed by atoms with Gasteiger partial charge in [-0.05, 0) is 24.0 Å². The maximum absolute atomic E-state index is 11.8. The van der Waals surface area contributed by atoms with Gasteiger partial charge in [0.05, 0.1) is 6.54 Å². The number of nitrogens with zero attached hydrogens (tertiary/aromatic N) is 1. The van der Waals surface area contributed by atoms with Crippen LogP contribution < -0.4 is 15.4 Å². The lowest BCUT2D eigenvalue weighted by atomic mass is 9.98. The molecule has 2 aromatic rings. The van der Waals surface area contributed by atoms with Crippen LogP contribution in [0.4, 0.5) is 5.13 Å². The molecule has 0 saturated carbocycles. The average molecular weight is 347 g/mol. The summed E-state index contributed by atoms with van der Waals surface area (Å²) in [5.74, 6) is 0.393. The van der Waals surface area contributed by atoms with Crippen molar-refractivity contribution >= 4 is 28.3 Å². The standard InChI is InChI=1S/C17H21N3O3S/c1-3-12(2)13-6-4-5-7-14(13)23-11-16(22)19-10-15(21)20-17-18-8-9-24-17/h4-9,12H,3,10-11H2,1-2H3,(H,19,22)(H,18,20,21)/t12-/m1/s1. The monoisotopic (exact) mass is 347 g/mol. The lowest BCUT2D eigenvalue weighted by molar-refractivity contribution is -0.125. The number of benzene rings is 1. The van der Waals surface area contributed by atoms with E-state index in [1.54, 1.807) is 11.6 Å². The summed E-state index contributed by atoms with van der Waals surface area (Å²) in [6.07, 6.45) is 2.59. The van der Waals surface area contributed by atoms with E-state index in [2.05, 4.69) is 29.5 Å². The Bertz CT molecular complexity index is 673. The normalized spacial score (nSPS) is 11.6. The lowest BCUT2D eigenvalue weighted by Gasteiger charge is -2.15. The summed E-state index contributed by atoms with van der Waals surface area (Å²) >= 11 is 1.32. The molecule has 128 valence electrons. The number of hydrogen-bond donors (Lipinski definition) is 2. The second-order valence-electron chi connectivity index (χ2n) is 5.30. The lowest BCUT2D eigenvalue weighted by Crippen LogP contribution is -2.35. The zero-order chi connectivity index (χ0) is 17.4. The Hall–Kier alpha value is -2.41. The Labute approximate surface area is 145 Å². The molecule has 1 heterocycles. The second-order valence-corrected chi connectivity index (χ2v) is 6.19. The molecule has 2 N–H and O–H groups in total. The summed E-state index contributed by atoms with van der Waals surface area (Å²) in [6.45, 7) is 3.98. The fourth-order valence-corrected chi connectivity index (χ4v) is 2.61. The number of hydrogen-bond acceptors (Lipinski definition) is 5. The van der Waals surface area contributed by atoms with Crippen molar-refractivity contribution in [2.75, 3.05) is 18.5 Å². The van der Waals surface area contributed by atoms with Crippen molar-refractivity contribution in [1.29, 1.82) is 0 Å². The van der Waals surface area contributed by atoms with E-state index in [1.807, 2.05) is 24.3 Å². The SMILES string of the molecule is CC[C@@H](C)c1ccccc1OCC(=O)NCC(=O)Nc1nccs1. The van der Waals surface area contributed by atoms with Crippen LogP contribution in [-0.4, -0.2) is 29.9 Å². The minimum Gasteiger partial charge on any atom is -0.483 e. The first-order valence-corrected chi connectivity index (χ1v) is 8.66. The maximum atomic E-state index is 11.8. The number of aromatic nitrogens is 1. The largest absolute Gasteiger partial charge is 0.483 e. The van der Waals surface area contributed by atoms with Gasteiger partial charge >= 0.3 is 0 Å². The molecule has 2 rings (SSSR count). The predicted molar refractivity (Wildman–Crippen MR) is 94.4 cm³/mol. The van der Waals surface area contributed by atoms with Gasteiger partial charge in [0.25, 0.3) is 5.91 Å². The van der Waals surface area contributed by atoms with Gasteiger partial charge in [0.15, 0.2) is 11.7 Å². The Kier molecular flexibility index (Phi) is 6.74. The number of para-hydroxylation sites is 1. The highest BCUT2D eigenvalue weighted by Crippen LogP contribution is 2.28. The van der Waals surface area contributed by atoms with E-state index in [0.717, 1.165) is 12.0 Å². The number of ether oxygens (including phenoxy) is 1. The van der Waals surface area contributed by atoms with E-state index in [1.165, 1.54) is 11.3 Å². The number of anilines is 1. The van der Waals surface area contributed by atoms with E-state index in [-0.39, 0.29) is 25.0 Å². The van der Waals surface area contributed by atoms with Crippen molar-refractivity contribution in [3.8, 4) is 5.75 Å². The van der Waals surface area contributed by atoms with E-state index in [4.69, 9.17) is 4.74 Å². The molecule has 7 heteroatoms. The molecule has 0 aliphatic heterocycles. The molecule has 1 atom stereocenters. The number of rotatable bonds is 8. The minimum atomic E-state index is -0.344. The highest BCUT2D eigenvalue weighted by atomic mass is 32.1. The highest BCUT2D eigenvalue weighted by molar-refractivity contribution is 7.13. The van der Waals surface area contributed by atoms with Crippen LogP contribution in [0.5, 0.6) is 5.75 Å². The quantitative estimate of drug-likeness (QED) is 0.769. The van der Waals surface area contributed by atoms with Gasteiger partial charge < -0.3 is 15.4 Å². The fourth-order valence-electron chi connectivity index (χ4n) is 2.06. The van der Waals surface area contributed by atoms with Crippen LogP contribution in [0, 0.1) is 0 Å². The molecule has 0 unspecified atom stereocenters. The van der Waals surface area contributed by atoms with Gasteiger partial charge in [0.1, 0.15) is 5.75 Å². The van der Waals surface area contributed by atoms with Crippen LogP contribution in [0.1, 0.15) is 31.7 Å². The number of carbonyl (C=O) groups excluding carboxylic acids is 2. The van der Waals surface area contributed by atoms with E-state index in [9.17, 15) is 9.59 Å². The number of carbonyl (C=O) groups is 2. The topological polar surface area (TPSA) is 80.3 Å². The average Bonchev–Trinajstić information content (AvgIpc) is 3.10. The molecule has 0 spiro atoms. The molecular weight excluding hydrogens is 326 g/mol. The van der Waals surface area contributed by atoms with Crippen LogP contribution in [0.2, 0.25) is 0 Å². The third kappa shape index (κ3) is 5.34. The second kappa shape index (κ2) is 9.02. The van der Waals surface area contributed by atoms with Gasteiger partial charge in [0, 0.05) is 11.6 Å². The molecule has 1 aromatic heterocycles. The van der Waals surface area contributed by atoms with Crippen molar-refractivity contribution in [3.63, 3.8) is 0 Å². The van der Waals surface area contributed by atoms with Crippen LogP contribution in [-0.2, 0) is 9.59 Å². The predicted octanol–water partition coefficient (Wildman–Crippen LogP) is 2.79. The van der Waals surface area contributed by atoms with Crippen molar-refractivity contribution in [1.82, 2.24) is 10.3 Å². The molecule has 0 saturated heterocycles. The summed E-state index contributed by atoms with van der Waals surface area (Å²) in [6, 6.07) is 7.69. The van der Waals surface area contributed by atoms with Crippen molar-refractivity contribution in [3.05, 3.63) is 41.4 Å². The van der Waals surface area contributed by atoms with Crippen LogP contribution in [0.15, 0.2) is 35.8 Å². The van der Waals surface area contributed by atoms with Gasteiger partial charge in [-0.2, -0.15) is 0 Å². The fraction of sp³-hybridized carbons (Fsp3) is 0.353. The smallest absolute Gasteiger partial charge is 0.258 e. The molecule has 0 aliphatic rings. The van der Waals surface area contributed by atoms with Crippen LogP contribution in [0.3, 0.4) is 0 Å². The summed E-state index contributed by atoms with van der Waals surface area (Å²) in [5.41, 5.74) is 1.08. The summed E-state index contributed by atoms with van der Waals surface area (Å²) in [7, 11) is 0. The maximum Gasteiger partial charge on any atom is 0.258 e. The molecule has 1 aromatic carbocycles. The van der Waals surface area contributed by atoms with Crippen molar-refractivity contribution in [2.45, 2.75) is 26.2 Å². The zero-order valence-corrected chi connectivity index (χ0v) is 14.6. The van der Waals surface area contributed by atoms with Gasteiger partial charge in [-0.15, -0.1) is 11.3 Å². The first-order valence-electron chi connectivity index (χ1n) is 7.78. The zero-order valence-electron chi connectivity index (χ0n) is 13.7. The molecule has 6 nitrogen and oxygen atoms in total. The van der Waals surface area contributed by atoms with Gasteiger partial charge in [-0.25, -0.2) is 4.98 Å². The van der Waals surface area contributed by atoms with Crippen LogP contribution >= 0.6 is 11.3 Å². The Morgan fingerprint density at radius 2 is 2.08 bits per heavy atom. The molecule has 0 fully saturated rings. The van der Waals surface area contributed by atoms with Gasteiger partial charge in [-0.1, -0.05) is 32.0 Å². The van der Waals surface area contributed by atoms with E-state index in [0.29, 0.717) is 16.8 Å². The van der Waals surface area contributed by atoms with Crippen molar-refractivity contribution < 1.29 is 14.3 Å². The Balaban J connectivity index is 1.78. The van der Waals surface area contributed by atoms with Crippen LogP contribution in [0.25, 0.3) is 0 Å². The third-order valence-corrected chi connectivity index (χ3v) is 4.23. The molecule has 0 aliphatic carbocycles. The highest BCUT2D eigenvalue weighted by Gasteiger charge is 2.12. The van der Waals surface area contributed by atoms with E-state index < -0.39 is 0 Å². The molecular formula is C17H21N3O3S. The van der Waals surface area contributed by atoms with Gasteiger partial charge in [0.2, 0.25) is 5.91 Å². The summed E-state index contributed by atoms with van der Waals surface area (Å²) in [4.78, 5) is 27.5. The minimum absolute atomic E-state index is 0.116. The number of amides is 2. The van der Waals surface area contributed by atoms with E-state index >= 15 is 0 Å². The molecule has 0 bridgehead atoms. The summed E-state index contributed by atoms with van der Waals surface area (Å²) in [5, 5.41) is 7.39. The van der Waals surface area contributed by atoms with Gasteiger partial charge in [-0.3, -0.25) is 9.59 Å². The summed E-state index contributed by atoms with van der Waals surface area (Å²) < 4.78 is 5.61. The number of thiazole rings is 1. The third-order valence-electron chi connectivity index (χ3n) is 3.55. The molecule has 24 heavy (non-hydrogen) atoms. The molecule has 2 amide bonds. The Morgan fingerprint density at radius 1 is 1.29 bits per heavy atom. The number of nitrogens with one attached hydrogen (secondary N) is 2. The first-order chi connectivity index (χ1) is 11.6. The molecule has 0 radical (unpaired) electrons.